The monoisotopic (exact) mass is 530 g/mol. The predicted molar refractivity (Wildman–Crippen MR) is 136 cm³/mol. The first-order chi connectivity index (χ1) is 16.0. The van der Waals surface area contributed by atoms with Crippen LogP contribution >= 0.6 is 15.9 Å². The first-order valence-corrected chi connectivity index (χ1v) is 12.1. The molecule has 0 aliphatic carbocycles. The fourth-order valence-corrected chi connectivity index (χ4v) is 4.75. The molecule has 4 rings (SSSR count). The zero-order valence-electron chi connectivity index (χ0n) is 19.7. The van der Waals surface area contributed by atoms with Gasteiger partial charge in [0, 0.05) is 24.7 Å². The van der Waals surface area contributed by atoms with Crippen molar-refractivity contribution in [1.29, 1.82) is 0 Å². The molecule has 1 atom stereocenters. The standard InChI is InChI=1S/C26H28BrFN2O4/c1-14-11-16(15(2)29-19-6-5-18(27)23(28)22(19)25(32)33)24-17(12-14)20(31)13-21(34-24)30-9-7-26(3,4)8-10-30/h5-6,11-13,15,29H,7-10H2,1-4H3,(H,32,33). The second-order valence-corrected chi connectivity index (χ2v) is 10.6. The number of carbonyl (C=O) groups is 1. The van der Waals surface area contributed by atoms with E-state index in [1.807, 2.05) is 19.9 Å². The summed E-state index contributed by atoms with van der Waals surface area (Å²) in [7, 11) is 0. The Balaban J connectivity index is 1.77. The van der Waals surface area contributed by atoms with Gasteiger partial charge in [0.1, 0.15) is 11.1 Å². The Morgan fingerprint density at radius 2 is 1.91 bits per heavy atom. The maximum Gasteiger partial charge on any atom is 0.340 e. The lowest BCUT2D eigenvalue weighted by molar-refractivity contribution is 0.0692. The summed E-state index contributed by atoms with van der Waals surface area (Å²) in [4.78, 5) is 26.9. The van der Waals surface area contributed by atoms with Crippen LogP contribution in [0.15, 0.2) is 44.0 Å². The van der Waals surface area contributed by atoms with Gasteiger partial charge in [-0.15, -0.1) is 0 Å². The molecule has 1 unspecified atom stereocenters. The Morgan fingerprint density at radius 1 is 1.24 bits per heavy atom. The van der Waals surface area contributed by atoms with Gasteiger partial charge in [0.25, 0.3) is 0 Å². The molecule has 1 saturated heterocycles. The lowest BCUT2D eigenvalue weighted by Gasteiger charge is -2.37. The van der Waals surface area contributed by atoms with Gasteiger partial charge >= 0.3 is 5.97 Å². The normalized spacial score (nSPS) is 16.5. The molecule has 2 aromatic carbocycles. The Bertz CT molecular complexity index is 1320. The van der Waals surface area contributed by atoms with Crippen molar-refractivity contribution in [3.8, 4) is 0 Å². The van der Waals surface area contributed by atoms with Gasteiger partial charge in [-0.3, -0.25) is 4.79 Å². The molecule has 2 heterocycles. The molecule has 0 amide bonds. The molecule has 3 aromatic rings. The summed E-state index contributed by atoms with van der Waals surface area (Å²) in [6, 6.07) is 7.77. The van der Waals surface area contributed by atoms with Gasteiger partial charge in [0.2, 0.25) is 0 Å². The number of carboxylic acid groups (broad SMARTS) is 1. The minimum Gasteiger partial charge on any atom is -0.478 e. The fourth-order valence-electron chi connectivity index (χ4n) is 4.42. The van der Waals surface area contributed by atoms with Crippen LogP contribution in [0, 0.1) is 18.2 Å². The van der Waals surface area contributed by atoms with Gasteiger partial charge < -0.3 is 19.7 Å². The Labute approximate surface area is 205 Å². The summed E-state index contributed by atoms with van der Waals surface area (Å²) in [5.74, 6) is -1.68. The fraction of sp³-hybridized carbons (Fsp3) is 0.385. The van der Waals surface area contributed by atoms with Crippen molar-refractivity contribution in [2.45, 2.75) is 46.6 Å². The summed E-state index contributed by atoms with van der Waals surface area (Å²) >= 11 is 3.04. The van der Waals surface area contributed by atoms with Crippen molar-refractivity contribution in [3.63, 3.8) is 0 Å². The topological polar surface area (TPSA) is 82.8 Å². The number of hydrogen-bond acceptors (Lipinski definition) is 5. The lowest BCUT2D eigenvalue weighted by atomic mass is 9.83. The van der Waals surface area contributed by atoms with E-state index >= 15 is 0 Å². The molecule has 6 nitrogen and oxygen atoms in total. The highest BCUT2D eigenvalue weighted by Crippen LogP contribution is 2.35. The van der Waals surface area contributed by atoms with E-state index in [-0.39, 0.29) is 21.0 Å². The predicted octanol–water partition coefficient (Wildman–Crippen LogP) is 6.50. The number of rotatable bonds is 5. The summed E-state index contributed by atoms with van der Waals surface area (Å²) in [5, 5.41) is 13.1. The number of hydrogen-bond donors (Lipinski definition) is 2. The molecule has 34 heavy (non-hydrogen) atoms. The molecule has 1 aliphatic rings. The Hall–Kier alpha value is -2.87. The summed E-state index contributed by atoms with van der Waals surface area (Å²) in [5.41, 5.74) is 1.85. The molecule has 180 valence electrons. The molecule has 1 aliphatic heterocycles. The molecule has 1 fully saturated rings. The number of fused-ring (bicyclic) bond motifs is 1. The van der Waals surface area contributed by atoms with Gasteiger partial charge in [-0.2, -0.15) is 0 Å². The highest BCUT2D eigenvalue weighted by Gasteiger charge is 2.27. The molecule has 2 N–H and O–H groups in total. The number of nitrogens with one attached hydrogen (secondary N) is 1. The number of anilines is 2. The van der Waals surface area contributed by atoms with Crippen LogP contribution in [0.2, 0.25) is 0 Å². The third-order valence-electron chi connectivity index (χ3n) is 6.56. The molecule has 0 bridgehead atoms. The van der Waals surface area contributed by atoms with Gasteiger partial charge in [-0.25, -0.2) is 9.18 Å². The first-order valence-electron chi connectivity index (χ1n) is 11.3. The molecule has 0 saturated carbocycles. The SMILES string of the molecule is Cc1cc(C(C)Nc2ccc(Br)c(F)c2C(=O)O)c2oc(N3CCC(C)(C)CC3)cc(=O)c2c1. The maximum atomic E-state index is 14.5. The van der Waals surface area contributed by atoms with Gasteiger partial charge in [0.05, 0.1) is 21.6 Å². The molecule has 0 radical (unpaired) electrons. The van der Waals surface area contributed by atoms with Crippen molar-refractivity contribution in [1.82, 2.24) is 0 Å². The van der Waals surface area contributed by atoms with Crippen molar-refractivity contribution < 1.29 is 18.7 Å². The third-order valence-corrected chi connectivity index (χ3v) is 7.18. The maximum absolute atomic E-state index is 14.5. The number of aryl methyl sites for hydroxylation is 1. The molecule has 1 aromatic heterocycles. The number of nitrogens with zero attached hydrogens (tertiary/aromatic N) is 1. The minimum atomic E-state index is -1.37. The van der Waals surface area contributed by atoms with E-state index in [9.17, 15) is 19.1 Å². The molecular weight excluding hydrogens is 503 g/mol. The van der Waals surface area contributed by atoms with Gasteiger partial charge in [-0.1, -0.05) is 19.9 Å². The van der Waals surface area contributed by atoms with Crippen molar-refractivity contribution in [2.75, 3.05) is 23.3 Å². The Morgan fingerprint density at radius 3 is 2.56 bits per heavy atom. The van der Waals surface area contributed by atoms with Crippen LogP contribution in [0.4, 0.5) is 16.0 Å². The van der Waals surface area contributed by atoms with Crippen LogP contribution in [0.5, 0.6) is 0 Å². The van der Waals surface area contributed by atoms with E-state index in [0.29, 0.717) is 22.4 Å². The smallest absolute Gasteiger partial charge is 0.340 e. The van der Waals surface area contributed by atoms with Crippen molar-refractivity contribution >= 4 is 44.4 Å². The molecular formula is C26H28BrFN2O4. The number of benzene rings is 2. The van der Waals surface area contributed by atoms with E-state index in [1.54, 1.807) is 12.1 Å². The number of aromatic carboxylic acids is 1. The zero-order valence-corrected chi connectivity index (χ0v) is 21.3. The van der Waals surface area contributed by atoms with E-state index in [0.717, 1.165) is 31.5 Å². The number of carboxylic acids is 1. The van der Waals surface area contributed by atoms with Crippen LogP contribution in [0.3, 0.4) is 0 Å². The molecule has 0 spiro atoms. The highest BCUT2D eigenvalue weighted by atomic mass is 79.9. The molecule has 8 heteroatoms. The van der Waals surface area contributed by atoms with Gasteiger partial charge in [-0.05, 0) is 71.8 Å². The van der Waals surface area contributed by atoms with Crippen LogP contribution < -0.4 is 15.6 Å². The average molecular weight is 531 g/mol. The van der Waals surface area contributed by atoms with E-state index in [4.69, 9.17) is 4.42 Å². The summed E-state index contributed by atoms with van der Waals surface area (Å²) in [6.45, 7) is 9.80. The number of piperidine rings is 1. The van der Waals surface area contributed by atoms with Crippen LogP contribution in [-0.4, -0.2) is 24.2 Å². The largest absolute Gasteiger partial charge is 0.478 e. The van der Waals surface area contributed by atoms with Crippen LogP contribution in [-0.2, 0) is 0 Å². The van der Waals surface area contributed by atoms with Gasteiger partial charge in [0.15, 0.2) is 17.1 Å². The quantitative estimate of drug-likeness (QED) is 0.391. The first kappa shape index (κ1) is 24.3. The van der Waals surface area contributed by atoms with Crippen LogP contribution in [0.25, 0.3) is 11.0 Å². The van der Waals surface area contributed by atoms with Crippen molar-refractivity contribution in [2.24, 2.45) is 5.41 Å². The summed E-state index contributed by atoms with van der Waals surface area (Å²) < 4.78 is 20.9. The second-order valence-electron chi connectivity index (χ2n) is 9.79. The Kier molecular flexibility index (Phi) is 6.46. The highest BCUT2D eigenvalue weighted by molar-refractivity contribution is 9.10. The summed E-state index contributed by atoms with van der Waals surface area (Å²) in [6.07, 6.45) is 2.00. The van der Waals surface area contributed by atoms with E-state index < -0.39 is 23.4 Å². The second kappa shape index (κ2) is 9.06. The lowest BCUT2D eigenvalue weighted by Crippen LogP contribution is -2.37. The zero-order chi connectivity index (χ0) is 24.8. The number of halogens is 2. The minimum absolute atomic E-state index is 0.0736. The van der Waals surface area contributed by atoms with E-state index in [1.165, 1.54) is 12.1 Å². The average Bonchev–Trinajstić information content (AvgIpc) is 2.76. The van der Waals surface area contributed by atoms with Crippen LogP contribution in [0.1, 0.15) is 61.1 Å². The van der Waals surface area contributed by atoms with E-state index in [2.05, 4.69) is 40.0 Å². The van der Waals surface area contributed by atoms with Crippen molar-refractivity contribution in [3.05, 3.63) is 67.5 Å². The third kappa shape index (κ3) is 4.69.